The number of likely N-dealkylation sites (tertiary alicyclic amines) is 1. The predicted molar refractivity (Wildman–Crippen MR) is 94.9 cm³/mol. The van der Waals surface area contributed by atoms with Gasteiger partial charge in [-0.25, -0.2) is 4.39 Å². The van der Waals surface area contributed by atoms with Gasteiger partial charge in [-0.1, -0.05) is 30.3 Å². The van der Waals surface area contributed by atoms with E-state index < -0.39 is 6.30 Å². The minimum absolute atomic E-state index is 0.00849. The average molecular weight is 353 g/mol. The second kappa shape index (κ2) is 6.88. The third-order valence-electron chi connectivity index (χ3n) is 4.90. The van der Waals surface area contributed by atoms with Gasteiger partial charge in [0.2, 0.25) is 0 Å². The summed E-state index contributed by atoms with van der Waals surface area (Å²) in [5.41, 5.74) is 4.69. The number of amides is 2. The van der Waals surface area contributed by atoms with Crippen molar-refractivity contribution < 1.29 is 14.0 Å². The van der Waals surface area contributed by atoms with E-state index in [2.05, 4.69) is 5.43 Å². The molecule has 1 atom stereocenters. The van der Waals surface area contributed by atoms with Gasteiger partial charge in [-0.3, -0.25) is 15.0 Å². The molecule has 1 saturated heterocycles. The molecule has 4 rings (SSSR count). The van der Waals surface area contributed by atoms with Crippen LogP contribution >= 0.6 is 0 Å². The molecule has 6 heteroatoms. The van der Waals surface area contributed by atoms with E-state index in [0.29, 0.717) is 16.7 Å². The lowest BCUT2D eigenvalue weighted by atomic mass is 10.0. The summed E-state index contributed by atoms with van der Waals surface area (Å²) in [6.45, 7) is 1.76. The number of halogens is 1. The highest BCUT2D eigenvalue weighted by atomic mass is 19.1. The number of benzene rings is 2. The Balaban J connectivity index is 1.53. The Bertz CT molecular complexity index is 848. The lowest BCUT2D eigenvalue weighted by Gasteiger charge is -2.32. The van der Waals surface area contributed by atoms with Gasteiger partial charge < -0.3 is 4.90 Å². The number of nitrogens with zero attached hydrogens (tertiary/aromatic N) is 2. The van der Waals surface area contributed by atoms with Gasteiger partial charge in [0, 0.05) is 36.3 Å². The summed E-state index contributed by atoms with van der Waals surface area (Å²) in [4.78, 5) is 26.6. The summed E-state index contributed by atoms with van der Waals surface area (Å²) < 4.78 is 14.8. The SMILES string of the molecule is O=C1NN(Cc2cccc(C(=O)N3CCCC3)c2)C(F)c2ccccc21. The van der Waals surface area contributed by atoms with Crippen LogP contribution in [0.2, 0.25) is 0 Å². The van der Waals surface area contributed by atoms with Gasteiger partial charge in [0.1, 0.15) is 0 Å². The van der Waals surface area contributed by atoms with Gasteiger partial charge in [-0.15, -0.1) is 0 Å². The highest BCUT2D eigenvalue weighted by molar-refractivity contribution is 5.96. The molecule has 134 valence electrons. The van der Waals surface area contributed by atoms with Crippen LogP contribution in [0.5, 0.6) is 0 Å². The standard InChI is InChI=1S/C20H20FN3O2/c21-18-16-8-1-2-9-17(16)19(25)22-24(18)13-14-6-5-7-15(12-14)20(26)23-10-3-4-11-23/h1-2,5-9,12,18H,3-4,10-11,13H2,(H,22,25). The molecule has 2 heterocycles. The molecule has 0 bridgehead atoms. The molecule has 1 unspecified atom stereocenters. The molecular formula is C20H20FN3O2. The van der Waals surface area contributed by atoms with Gasteiger partial charge in [0.05, 0.1) is 0 Å². The van der Waals surface area contributed by atoms with E-state index >= 15 is 0 Å². The van der Waals surface area contributed by atoms with Crippen LogP contribution in [0, 0.1) is 0 Å². The van der Waals surface area contributed by atoms with Crippen molar-refractivity contribution in [1.82, 2.24) is 15.3 Å². The van der Waals surface area contributed by atoms with Crippen LogP contribution in [0.15, 0.2) is 48.5 Å². The van der Waals surface area contributed by atoms with Crippen molar-refractivity contribution in [3.05, 3.63) is 70.8 Å². The Morgan fingerprint density at radius 1 is 1.12 bits per heavy atom. The minimum atomic E-state index is -1.43. The van der Waals surface area contributed by atoms with Gasteiger partial charge in [-0.2, -0.15) is 5.01 Å². The van der Waals surface area contributed by atoms with Gasteiger partial charge in [0.25, 0.3) is 11.8 Å². The first-order valence-electron chi connectivity index (χ1n) is 8.82. The van der Waals surface area contributed by atoms with E-state index in [9.17, 15) is 14.0 Å². The Morgan fingerprint density at radius 3 is 2.69 bits per heavy atom. The Morgan fingerprint density at radius 2 is 1.88 bits per heavy atom. The summed E-state index contributed by atoms with van der Waals surface area (Å²) in [6, 6.07) is 13.9. The molecule has 1 N–H and O–H groups in total. The van der Waals surface area contributed by atoms with Crippen molar-refractivity contribution in [2.75, 3.05) is 13.1 Å². The number of nitrogens with one attached hydrogen (secondary N) is 1. The van der Waals surface area contributed by atoms with Gasteiger partial charge in [0.15, 0.2) is 6.30 Å². The second-order valence-electron chi connectivity index (χ2n) is 6.69. The molecule has 26 heavy (non-hydrogen) atoms. The third-order valence-corrected chi connectivity index (χ3v) is 4.90. The normalized spacial score (nSPS) is 20.0. The van der Waals surface area contributed by atoms with E-state index in [1.807, 2.05) is 11.0 Å². The summed E-state index contributed by atoms with van der Waals surface area (Å²) in [5, 5.41) is 1.27. The Kier molecular flexibility index (Phi) is 4.42. The fraction of sp³-hybridized carbons (Fsp3) is 0.300. The molecule has 0 spiro atoms. The van der Waals surface area contributed by atoms with Crippen molar-refractivity contribution in [2.24, 2.45) is 0 Å². The Hall–Kier alpha value is -2.73. The first-order valence-corrected chi connectivity index (χ1v) is 8.82. The van der Waals surface area contributed by atoms with Crippen molar-refractivity contribution in [3.8, 4) is 0 Å². The van der Waals surface area contributed by atoms with Gasteiger partial charge >= 0.3 is 0 Å². The van der Waals surface area contributed by atoms with Crippen LogP contribution in [0.4, 0.5) is 4.39 Å². The van der Waals surface area contributed by atoms with Crippen LogP contribution in [0.1, 0.15) is 51.0 Å². The predicted octanol–water partition coefficient (Wildman–Crippen LogP) is 3.05. The highest BCUT2D eigenvalue weighted by Crippen LogP contribution is 2.29. The maximum Gasteiger partial charge on any atom is 0.266 e. The molecule has 0 radical (unpaired) electrons. The lowest BCUT2D eigenvalue weighted by Crippen LogP contribution is -2.47. The third kappa shape index (κ3) is 3.08. The summed E-state index contributed by atoms with van der Waals surface area (Å²) >= 11 is 0. The molecule has 0 aromatic heterocycles. The molecule has 2 aliphatic heterocycles. The zero-order chi connectivity index (χ0) is 18.1. The smallest absolute Gasteiger partial charge is 0.266 e. The number of carbonyl (C=O) groups excluding carboxylic acids is 2. The van der Waals surface area contributed by atoms with Gasteiger partial charge in [-0.05, 0) is 36.6 Å². The van der Waals surface area contributed by atoms with E-state index in [-0.39, 0.29) is 18.4 Å². The van der Waals surface area contributed by atoms with Crippen LogP contribution in [-0.2, 0) is 6.54 Å². The van der Waals surface area contributed by atoms with Crippen LogP contribution < -0.4 is 5.43 Å². The highest BCUT2D eigenvalue weighted by Gasteiger charge is 2.31. The maximum atomic E-state index is 14.8. The molecule has 2 amide bonds. The molecule has 2 aromatic carbocycles. The fourth-order valence-electron chi connectivity index (χ4n) is 3.55. The first-order chi connectivity index (χ1) is 12.6. The molecule has 0 aliphatic carbocycles. The number of hydrogen-bond acceptors (Lipinski definition) is 3. The number of alkyl halides is 1. The molecule has 5 nitrogen and oxygen atoms in total. The number of hydrazine groups is 1. The lowest BCUT2D eigenvalue weighted by molar-refractivity contribution is 0.0122. The quantitative estimate of drug-likeness (QED) is 0.863. The van der Waals surface area contributed by atoms with E-state index in [1.54, 1.807) is 42.5 Å². The minimum Gasteiger partial charge on any atom is -0.339 e. The monoisotopic (exact) mass is 353 g/mol. The van der Waals surface area contributed by atoms with Crippen LogP contribution in [0.3, 0.4) is 0 Å². The molecule has 2 aromatic rings. The molecule has 0 saturated carbocycles. The fourth-order valence-corrected chi connectivity index (χ4v) is 3.55. The number of rotatable bonds is 3. The number of fused-ring (bicyclic) bond motifs is 1. The van der Waals surface area contributed by atoms with E-state index in [0.717, 1.165) is 31.5 Å². The van der Waals surface area contributed by atoms with Crippen molar-refractivity contribution >= 4 is 11.8 Å². The largest absolute Gasteiger partial charge is 0.339 e. The van der Waals surface area contributed by atoms with E-state index in [1.165, 1.54) is 5.01 Å². The first kappa shape index (κ1) is 16.7. The van der Waals surface area contributed by atoms with Crippen molar-refractivity contribution in [1.29, 1.82) is 0 Å². The Labute approximate surface area is 151 Å². The number of carbonyl (C=O) groups is 2. The van der Waals surface area contributed by atoms with Crippen molar-refractivity contribution in [3.63, 3.8) is 0 Å². The summed E-state index contributed by atoms with van der Waals surface area (Å²) in [7, 11) is 0. The molecule has 2 aliphatic rings. The summed E-state index contributed by atoms with van der Waals surface area (Å²) in [6.07, 6.45) is 0.643. The molecule has 1 fully saturated rings. The van der Waals surface area contributed by atoms with E-state index in [4.69, 9.17) is 0 Å². The summed E-state index contributed by atoms with van der Waals surface area (Å²) in [5.74, 6) is -0.312. The van der Waals surface area contributed by atoms with Crippen LogP contribution in [-0.4, -0.2) is 34.8 Å². The van der Waals surface area contributed by atoms with Crippen molar-refractivity contribution in [2.45, 2.75) is 25.7 Å². The average Bonchev–Trinajstić information content (AvgIpc) is 3.20. The zero-order valence-electron chi connectivity index (χ0n) is 14.3. The van der Waals surface area contributed by atoms with Crippen LogP contribution in [0.25, 0.3) is 0 Å². The number of hydrogen-bond donors (Lipinski definition) is 1. The zero-order valence-corrected chi connectivity index (χ0v) is 14.3. The maximum absolute atomic E-state index is 14.8. The second-order valence-corrected chi connectivity index (χ2v) is 6.69. The molecular weight excluding hydrogens is 333 g/mol. The topological polar surface area (TPSA) is 52.7 Å².